The number of rotatable bonds is 5. The van der Waals surface area contributed by atoms with Crippen LogP contribution in [0, 0.1) is 6.92 Å². The molecule has 1 heterocycles. The third-order valence-electron chi connectivity index (χ3n) is 5.18. The Kier molecular flexibility index (Phi) is 5.58. The predicted molar refractivity (Wildman–Crippen MR) is 127 cm³/mol. The summed E-state index contributed by atoms with van der Waals surface area (Å²) >= 11 is 0. The second kappa shape index (κ2) is 8.48. The molecule has 31 heavy (non-hydrogen) atoms. The molecule has 156 valence electrons. The zero-order valence-electron chi connectivity index (χ0n) is 18.2. The number of ether oxygens (including phenoxy) is 1. The van der Waals surface area contributed by atoms with Gasteiger partial charge in [0.15, 0.2) is 0 Å². The number of anilines is 2. The van der Waals surface area contributed by atoms with Crippen molar-refractivity contribution in [3.8, 4) is 5.75 Å². The molecule has 0 bridgehead atoms. The Morgan fingerprint density at radius 3 is 2.29 bits per heavy atom. The highest BCUT2D eigenvalue weighted by Gasteiger charge is 2.32. The molecule has 0 fully saturated rings. The van der Waals surface area contributed by atoms with Crippen LogP contribution < -0.4 is 14.5 Å². The third kappa shape index (κ3) is 4.21. The Balaban J connectivity index is 1.77. The van der Waals surface area contributed by atoms with E-state index >= 15 is 0 Å². The van der Waals surface area contributed by atoms with Crippen molar-refractivity contribution in [3.05, 3.63) is 95.2 Å². The van der Waals surface area contributed by atoms with E-state index in [0.29, 0.717) is 11.5 Å². The highest BCUT2D eigenvalue weighted by Crippen LogP contribution is 2.29. The fraction of sp³-hybridized carbons (Fsp3) is 0.154. The van der Waals surface area contributed by atoms with Crippen molar-refractivity contribution in [3.63, 3.8) is 0 Å². The maximum atomic E-state index is 13.4. The van der Waals surface area contributed by atoms with E-state index in [1.54, 1.807) is 12.0 Å². The minimum atomic E-state index is -0.154. The third-order valence-corrected chi connectivity index (χ3v) is 5.18. The van der Waals surface area contributed by atoms with Crippen molar-refractivity contribution in [1.82, 2.24) is 0 Å². The van der Waals surface area contributed by atoms with Gasteiger partial charge in [0.05, 0.1) is 12.8 Å². The van der Waals surface area contributed by atoms with Crippen molar-refractivity contribution in [2.45, 2.75) is 6.92 Å². The van der Waals surface area contributed by atoms with Crippen molar-refractivity contribution in [2.75, 3.05) is 31.0 Å². The lowest BCUT2D eigenvalue weighted by Crippen LogP contribution is -2.32. The van der Waals surface area contributed by atoms with Crippen LogP contribution >= 0.6 is 0 Å². The zero-order chi connectivity index (χ0) is 22.0. The molecule has 0 radical (unpaired) electrons. The summed E-state index contributed by atoms with van der Waals surface area (Å²) in [4.78, 5) is 21.9. The highest BCUT2D eigenvalue weighted by molar-refractivity contribution is 6.33. The van der Waals surface area contributed by atoms with E-state index in [1.807, 2.05) is 105 Å². The second-order valence-corrected chi connectivity index (χ2v) is 7.66. The quantitative estimate of drug-likeness (QED) is 0.561. The second-order valence-electron chi connectivity index (χ2n) is 7.66. The van der Waals surface area contributed by atoms with Gasteiger partial charge in [-0.25, -0.2) is 4.99 Å². The largest absolute Gasteiger partial charge is 0.497 e. The summed E-state index contributed by atoms with van der Waals surface area (Å²) in [6.07, 6.45) is 1.83. The lowest BCUT2D eigenvalue weighted by Gasteiger charge is -2.19. The highest BCUT2D eigenvalue weighted by atomic mass is 16.5. The molecule has 5 heteroatoms. The van der Waals surface area contributed by atoms with Gasteiger partial charge in [-0.2, -0.15) is 0 Å². The van der Waals surface area contributed by atoms with E-state index < -0.39 is 0 Å². The summed E-state index contributed by atoms with van der Waals surface area (Å²) in [5.74, 6) is 1.20. The summed E-state index contributed by atoms with van der Waals surface area (Å²) in [5.41, 5.74) is 5.19. The first-order valence-electron chi connectivity index (χ1n) is 10.1. The maximum Gasteiger partial charge on any atom is 0.282 e. The molecule has 0 N–H and O–H groups in total. The van der Waals surface area contributed by atoms with Crippen LogP contribution in [0.1, 0.15) is 16.7 Å². The van der Waals surface area contributed by atoms with Crippen LogP contribution in [0.4, 0.5) is 11.4 Å². The van der Waals surface area contributed by atoms with Crippen LogP contribution in [-0.2, 0) is 4.79 Å². The van der Waals surface area contributed by atoms with Crippen molar-refractivity contribution in [2.24, 2.45) is 4.99 Å². The monoisotopic (exact) mass is 411 g/mol. The smallest absolute Gasteiger partial charge is 0.282 e. The Morgan fingerprint density at radius 1 is 0.968 bits per heavy atom. The number of amidine groups is 1. The fourth-order valence-corrected chi connectivity index (χ4v) is 3.49. The molecule has 3 aromatic rings. The number of methoxy groups -OCH3 is 1. The molecule has 0 aliphatic carbocycles. The standard InChI is InChI=1S/C26H25N3O2/c1-18-6-5-7-20(16-18)25-27-24(17-19-8-10-21(11-9-19)28(2)3)26(30)29(25)22-12-14-23(31-4)15-13-22/h5-17H,1-4H3/b24-17-. The Bertz CT molecular complexity index is 1160. The fourth-order valence-electron chi connectivity index (χ4n) is 3.49. The molecule has 0 saturated carbocycles. The van der Waals surface area contributed by atoms with Crippen molar-refractivity contribution in [1.29, 1.82) is 0 Å². The summed E-state index contributed by atoms with van der Waals surface area (Å²) in [5, 5.41) is 0. The van der Waals surface area contributed by atoms with E-state index in [-0.39, 0.29) is 5.91 Å². The maximum absolute atomic E-state index is 13.4. The number of amides is 1. The van der Waals surface area contributed by atoms with Crippen LogP contribution in [0.2, 0.25) is 0 Å². The number of benzene rings is 3. The van der Waals surface area contributed by atoms with Gasteiger partial charge in [-0.15, -0.1) is 0 Å². The van der Waals surface area contributed by atoms with Crippen LogP contribution in [0.5, 0.6) is 5.75 Å². The molecule has 0 spiro atoms. The number of aryl methyl sites for hydroxylation is 1. The van der Waals surface area contributed by atoms with E-state index in [9.17, 15) is 4.79 Å². The lowest BCUT2D eigenvalue weighted by molar-refractivity contribution is -0.113. The van der Waals surface area contributed by atoms with E-state index in [4.69, 9.17) is 9.73 Å². The minimum absolute atomic E-state index is 0.154. The Labute approximate surface area is 182 Å². The molecule has 0 unspecified atom stereocenters. The number of nitrogens with zero attached hydrogens (tertiary/aromatic N) is 3. The average Bonchev–Trinajstić information content (AvgIpc) is 3.10. The Hall–Kier alpha value is -3.86. The van der Waals surface area contributed by atoms with Crippen LogP contribution in [0.25, 0.3) is 6.08 Å². The molecule has 3 aromatic carbocycles. The van der Waals surface area contributed by atoms with Gasteiger partial charge in [-0.1, -0.05) is 35.9 Å². The van der Waals surface area contributed by atoms with Crippen LogP contribution in [-0.4, -0.2) is 32.9 Å². The minimum Gasteiger partial charge on any atom is -0.497 e. The normalized spacial score (nSPS) is 14.7. The van der Waals surface area contributed by atoms with Crippen LogP contribution in [0.15, 0.2) is 83.5 Å². The van der Waals surface area contributed by atoms with Gasteiger partial charge in [0, 0.05) is 25.3 Å². The molecular weight excluding hydrogens is 386 g/mol. The van der Waals surface area contributed by atoms with E-state index in [0.717, 1.165) is 33.8 Å². The van der Waals surface area contributed by atoms with Gasteiger partial charge >= 0.3 is 0 Å². The molecule has 5 nitrogen and oxygen atoms in total. The topological polar surface area (TPSA) is 45.1 Å². The van der Waals surface area contributed by atoms with Crippen LogP contribution in [0.3, 0.4) is 0 Å². The summed E-state index contributed by atoms with van der Waals surface area (Å²) in [7, 11) is 5.62. The van der Waals surface area contributed by atoms with E-state index in [1.165, 1.54) is 0 Å². The van der Waals surface area contributed by atoms with Gasteiger partial charge < -0.3 is 9.64 Å². The number of hydrogen-bond donors (Lipinski definition) is 0. The number of aliphatic imine (C=N–C) groups is 1. The first-order valence-corrected chi connectivity index (χ1v) is 10.1. The van der Waals surface area contributed by atoms with E-state index in [2.05, 4.69) is 0 Å². The number of carbonyl (C=O) groups is 1. The average molecular weight is 412 g/mol. The van der Waals surface area contributed by atoms with Gasteiger partial charge in [-0.3, -0.25) is 9.69 Å². The molecule has 1 amide bonds. The molecule has 0 saturated heterocycles. The first kappa shape index (κ1) is 20.4. The number of carbonyl (C=O) groups excluding carboxylic acids is 1. The van der Waals surface area contributed by atoms with Gasteiger partial charge in [-0.05, 0) is 61.0 Å². The summed E-state index contributed by atoms with van der Waals surface area (Å²) < 4.78 is 5.26. The predicted octanol–water partition coefficient (Wildman–Crippen LogP) is 4.90. The first-order chi connectivity index (χ1) is 15.0. The Morgan fingerprint density at radius 2 is 1.68 bits per heavy atom. The van der Waals surface area contributed by atoms with Gasteiger partial charge in [0.2, 0.25) is 0 Å². The zero-order valence-corrected chi connectivity index (χ0v) is 18.2. The molecule has 0 aromatic heterocycles. The summed E-state index contributed by atoms with van der Waals surface area (Å²) in [6.45, 7) is 2.03. The van der Waals surface area contributed by atoms with Gasteiger partial charge in [0.1, 0.15) is 17.3 Å². The van der Waals surface area contributed by atoms with Gasteiger partial charge in [0.25, 0.3) is 5.91 Å². The molecular formula is C26H25N3O2. The van der Waals surface area contributed by atoms with Crippen molar-refractivity contribution < 1.29 is 9.53 Å². The molecule has 1 aliphatic heterocycles. The SMILES string of the molecule is COc1ccc(N2C(=O)/C(=C/c3ccc(N(C)C)cc3)N=C2c2cccc(C)c2)cc1. The lowest BCUT2D eigenvalue weighted by atomic mass is 10.1. The summed E-state index contributed by atoms with van der Waals surface area (Å²) in [6, 6.07) is 23.5. The molecule has 4 rings (SSSR count). The van der Waals surface area contributed by atoms with Crippen molar-refractivity contribution >= 4 is 29.2 Å². The molecule has 0 atom stereocenters. The number of hydrogen-bond acceptors (Lipinski definition) is 4. The molecule has 1 aliphatic rings.